The maximum atomic E-state index is 11.8. The van der Waals surface area contributed by atoms with E-state index in [4.69, 9.17) is 0 Å². The van der Waals surface area contributed by atoms with Crippen LogP contribution in [0.4, 0.5) is 0 Å². The molecule has 5 nitrogen and oxygen atoms in total. The molecular weight excluding hydrogens is 242 g/mol. The van der Waals surface area contributed by atoms with Crippen molar-refractivity contribution >= 4 is 5.91 Å². The Morgan fingerprint density at radius 3 is 2.68 bits per heavy atom. The van der Waals surface area contributed by atoms with Crippen LogP contribution in [0.5, 0.6) is 0 Å². The Hall–Kier alpha value is -1.62. The molecular formula is C14H21N3O2. The van der Waals surface area contributed by atoms with E-state index >= 15 is 0 Å². The van der Waals surface area contributed by atoms with Crippen LogP contribution >= 0.6 is 0 Å². The molecule has 0 spiro atoms. The van der Waals surface area contributed by atoms with E-state index in [9.17, 15) is 9.59 Å². The van der Waals surface area contributed by atoms with Crippen LogP contribution in [-0.4, -0.2) is 42.0 Å². The zero-order chi connectivity index (χ0) is 13.5. The third-order valence-electron chi connectivity index (χ3n) is 3.48. The van der Waals surface area contributed by atoms with Crippen molar-refractivity contribution in [1.29, 1.82) is 0 Å². The lowest BCUT2D eigenvalue weighted by atomic mass is 10.2. The standard InChI is InChI=1S/C14H21N3O2/c18-13-5-6-15-11-12(13)14(19)16-7-10-17-8-3-1-2-4-9-17/h5-6,11H,1-4,7-10H2,(H,15,18)(H,16,19). The van der Waals surface area contributed by atoms with E-state index in [1.54, 1.807) is 0 Å². The maximum Gasteiger partial charge on any atom is 0.256 e. The molecule has 5 heteroatoms. The third-order valence-corrected chi connectivity index (χ3v) is 3.48. The zero-order valence-electron chi connectivity index (χ0n) is 11.2. The molecule has 1 fully saturated rings. The van der Waals surface area contributed by atoms with Gasteiger partial charge in [0, 0.05) is 31.5 Å². The molecule has 2 N–H and O–H groups in total. The number of rotatable bonds is 4. The minimum atomic E-state index is -0.295. The van der Waals surface area contributed by atoms with Crippen molar-refractivity contribution < 1.29 is 4.79 Å². The Kier molecular flexibility index (Phi) is 5.15. The lowest BCUT2D eigenvalue weighted by Crippen LogP contribution is -2.36. The van der Waals surface area contributed by atoms with Crippen LogP contribution in [0.25, 0.3) is 0 Å². The van der Waals surface area contributed by atoms with Crippen LogP contribution in [0.15, 0.2) is 23.3 Å². The van der Waals surface area contributed by atoms with Crippen LogP contribution < -0.4 is 10.7 Å². The molecule has 19 heavy (non-hydrogen) atoms. The lowest BCUT2D eigenvalue weighted by molar-refractivity contribution is 0.0947. The number of carbonyl (C=O) groups is 1. The van der Waals surface area contributed by atoms with Gasteiger partial charge in [0.2, 0.25) is 0 Å². The van der Waals surface area contributed by atoms with E-state index in [0.29, 0.717) is 6.54 Å². The Morgan fingerprint density at radius 1 is 1.26 bits per heavy atom. The first-order valence-corrected chi connectivity index (χ1v) is 6.95. The molecule has 2 heterocycles. The van der Waals surface area contributed by atoms with Gasteiger partial charge in [-0.3, -0.25) is 9.59 Å². The minimum absolute atomic E-state index is 0.179. The molecule has 1 amide bonds. The Balaban J connectivity index is 1.77. The fraction of sp³-hybridized carbons (Fsp3) is 0.571. The Labute approximate surface area is 113 Å². The number of nitrogens with zero attached hydrogens (tertiary/aromatic N) is 1. The summed E-state index contributed by atoms with van der Waals surface area (Å²) < 4.78 is 0. The van der Waals surface area contributed by atoms with Gasteiger partial charge < -0.3 is 15.2 Å². The van der Waals surface area contributed by atoms with Gasteiger partial charge in [-0.15, -0.1) is 0 Å². The number of H-pyrrole nitrogens is 1. The second-order valence-corrected chi connectivity index (χ2v) is 4.93. The average molecular weight is 263 g/mol. The summed E-state index contributed by atoms with van der Waals surface area (Å²) in [6, 6.07) is 1.36. The van der Waals surface area contributed by atoms with Gasteiger partial charge in [0.05, 0.1) is 0 Å². The topological polar surface area (TPSA) is 65.2 Å². The van der Waals surface area contributed by atoms with Gasteiger partial charge in [-0.1, -0.05) is 12.8 Å². The van der Waals surface area contributed by atoms with Crippen molar-refractivity contribution in [2.45, 2.75) is 25.7 Å². The molecule has 0 radical (unpaired) electrons. The molecule has 0 saturated carbocycles. The van der Waals surface area contributed by atoms with Gasteiger partial charge in [0.25, 0.3) is 5.91 Å². The number of pyridine rings is 1. The predicted molar refractivity (Wildman–Crippen MR) is 74.3 cm³/mol. The highest BCUT2D eigenvalue weighted by molar-refractivity contribution is 5.93. The third kappa shape index (κ3) is 4.21. The van der Waals surface area contributed by atoms with Crippen LogP contribution in [0.2, 0.25) is 0 Å². The van der Waals surface area contributed by atoms with E-state index in [2.05, 4.69) is 15.2 Å². The number of carbonyl (C=O) groups excluding carboxylic acids is 1. The van der Waals surface area contributed by atoms with E-state index in [0.717, 1.165) is 19.6 Å². The van der Waals surface area contributed by atoms with Crippen molar-refractivity contribution in [2.24, 2.45) is 0 Å². The molecule has 1 saturated heterocycles. The molecule has 1 aromatic rings. The molecule has 0 unspecified atom stereocenters. The van der Waals surface area contributed by atoms with Crippen LogP contribution in [0, 0.1) is 0 Å². The smallest absolute Gasteiger partial charge is 0.256 e. The maximum absolute atomic E-state index is 11.8. The second kappa shape index (κ2) is 7.09. The fourth-order valence-electron chi connectivity index (χ4n) is 2.38. The van der Waals surface area contributed by atoms with Crippen LogP contribution in [0.3, 0.4) is 0 Å². The normalized spacial score (nSPS) is 16.8. The SMILES string of the molecule is O=C(NCCN1CCCCCC1)c1c[nH]ccc1=O. The number of amides is 1. The molecule has 1 aromatic heterocycles. The number of likely N-dealkylation sites (tertiary alicyclic amines) is 1. The quantitative estimate of drug-likeness (QED) is 0.851. The number of nitrogens with one attached hydrogen (secondary N) is 2. The van der Waals surface area contributed by atoms with Crippen LogP contribution in [-0.2, 0) is 0 Å². The van der Waals surface area contributed by atoms with E-state index in [-0.39, 0.29) is 16.9 Å². The van der Waals surface area contributed by atoms with Gasteiger partial charge >= 0.3 is 0 Å². The van der Waals surface area contributed by atoms with Crippen molar-refractivity contribution in [2.75, 3.05) is 26.2 Å². The summed E-state index contributed by atoms with van der Waals surface area (Å²) in [5.74, 6) is -0.295. The first-order valence-electron chi connectivity index (χ1n) is 6.95. The highest BCUT2D eigenvalue weighted by Gasteiger charge is 2.11. The largest absolute Gasteiger partial charge is 0.367 e. The number of aromatic amines is 1. The monoisotopic (exact) mass is 263 g/mol. The number of hydrogen-bond acceptors (Lipinski definition) is 3. The second-order valence-electron chi connectivity index (χ2n) is 4.93. The Bertz CT molecular complexity index is 462. The molecule has 0 aliphatic carbocycles. The van der Waals surface area contributed by atoms with E-state index in [1.165, 1.54) is 44.1 Å². The highest BCUT2D eigenvalue weighted by Crippen LogP contribution is 2.08. The van der Waals surface area contributed by atoms with Gasteiger partial charge in [0.15, 0.2) is 5.43 Å². The fourth-order valence-corrected chi connectivity index (χ4v) is 2.38. The predicted octanol–water partition coefficient (Wildman–Crippen LogP) is 0.981. The molecule has 0 aromatic carbocycles. The van der Waals surface area contributed by atoms with Gasteiger partial charge in [0.1, 0.15) is 5.56 Å². The lowest BCUT2D eigenvalue weighted by Gasteiger charge is -2.19. The van der Waals surface area contributed by atoms with Gasteiger partial charge in [-0.05, 0) is 25.9 Å². The van der Waals surface area contributed by atoms with E-state index in [1.807, 2.05) is 0 Å². The highest BCUT2D eigenvalue weighted by atomic mass is 16.2. The van der Waals surface area contributed by atoms with E-state index < -0.39 is 0 Å². The average Bonchev–Trinajstić information content (AvgIpc) is 2.68. The van der Waals surface area contributed by atoms with Gasteiger partial charge in [-0.25, -0.2) is 0 Å². The summed E-state index contributed by atoms with van der Waals surface area (Å²) in [4.78, 5) is 28.4. The zero-order valence-corrected chi connectivity index (χ0v) is 11.2. The molecule has 0 atom stereocenters. The van der Waals surface area contributed by atoms with Gasteiger partial charge in [-0.2, -0.15) is 0 Å². The summed E-state index contributed by atoms with van der Waals surface area (Å²) in [5, 5.41) is 2.81. The molecule has 0 bridgehead atoms. The molecule has 1 aliphatic rings. The first-order chi connectivity index (χ1) is 9.27. The van der Waals surface area contributed by atoms with Crippen molar-refractivity contribution in [3.05, 3.63) is 34.2 Å². The summed E-state index contributed by atoms with van der Waals surface area (Å²) in [7, 11) is 0. The molecule has 1 aliphatic heterocycles. The molecule has 2 rings (SSSR count). The summed E-state index contributed by atoms with van der Waals surface area (Å²) >= 11 is 0. The summed E-state index contributed by atoms with van der Waals surface area (Å²) in [5.41, 5.74) is -0.0654. The van der Waals surface area contributed by atoms with Crippen LogP contribution in [0.1, 0.15) is 36.0 Å². The molecule has 104 valence electrons. The van der Waals surface area contributed by atoms with Crippen molar-refractivity contribution in [1.82, 2.24) is 15.2 Å². The summed E-state index contributed by atoms with van der Waals surface area (Å²) in [6.07, 6.45) is 8.07. The number of aromatic nitrogens is 1. The Morgan fingerprint density at radius 2 is 2.00 bits per heavy atom. The van der Waals surface area contributed by atoms with Crippen molar-refractivity contribution in [3.8, 4) is 0 Å². The minimum Gasteiger partial charge on any atom is -0.367 e. The number of hydrogen-bond donors (Lipinski definition) is 2. The first kappa shape index (κ1) is 13.8. The van der Waals surface area contributed by atoms with Crippen molar-refractivity contribution in [3.63, 3.8) is 0 Å². The summed E-state index contributed by atoms with van der Waals surface area (Å²) in [6.45, 7) is 3.67.